The van der Waals surface area contributed by atoms with Crippen molar-refractivity contribution in [3.63, 3.8) is 0 Å². The first kappa shape index (κ1) is 78.2. The van der Waals surface area contributed by atoms with Gasteiger partial charge >= 0.3 is 76.3 Å². The molecule has 0 aliphatic rings. The second-order valence-corrected chi connectivity index (χ2v) is 11.4. The Morgan fingerprint density at radius 1 is 0.441 bits per heavy atom. The molecule has 3 rings (SSSR count). The molecule has 0 saturated carbocycles. The van der Waals surface area contributed by atoms with Gasteiger partial charge in [0.15, 0.2) is 0 Å². The molecule has 0 unspecified atom stereocenters. The van der Waals surface area contributed by atoms with E-state index in [0.717, 1.165) is 25.6 Å². The molecule has 0 spiro atoms. The maximum atomic E-state index is 12.0. The van der Waals surface area contributed by atoms with Crippen LogP contribution in [0.3, 0.4) is 0 Å². The van der Waals surface area contributed by atoms with Crippen LogP contribution in [0, 0.1) is 138 Å². The van der Waals surface area contributed by atoms with Crippen LogP contribution < -0.4 is 10.2 Å². The Labute approximate surface area is 448 Å². The SMILES string of the molecule is C/C(=N\N=C(/[O-])c1ccccc1)c1cnc(/C(C)=N/N=C(\[O-])c2ccccc2)cn1.CN(C)C=O.CN(C)C=O.CN(C)C=O.CN(C)C=O.O=[N+]([O-])[O-].O=[N+]([O-])[O-].O=[N+]([O-])[O-].O=[N+]([O-])[O-].[Dy+3].[Dy+3]. The molecule has 3 aromatic rings. The monoisotopic (exact) mass is 1270 g/mol. The summed E-state index contributed by atoms with van der Waals surface area (Å²) in [6.45, 7) is 3.36. The van der Waals surface area contributed by atoms with E-state index in [1.807, 2.05) is 12.1 Å². The molecule has 0 aliphatic heterocycles. The molecule has 68 heavy (non-hydrogen) atoms. The molecule has 32 nitrogen and oxygen atoms in total. The Morgan fingerprint density at radius 3 is 0.765 bits per heavy atom. The van der Waals surface area contributed by atoms with Crippen LogP contribution in [0.25, 0.3) is 0 Å². The third-order valence-electron chi connectivity index (χ3n) is 4.86. The van der Waals surface area contributed by atoms with Crippen molar-refractivity contribution in [3.05, 3.63) is 157 Å². The summed E-state index contributed by atoms with van der Waals surface area (Å²) in [4.78, 5) is 85.0. The first-order valence-corrected chi connectivity index (χ1v) is 16.8. The van der Waals surface area contributed by atoms with E-state index in [0.29, 0.717) is 33.9 Å². The third kappa shape index (κ3) is 70.7. The van der Waals surface area contributed by atoms with Crippen molar-refractivity contribution in [3.8, 4) is 0 Å². The van der Waals surface area contributed by atoms with Gasteiger partial charge < -0.3 is 91.1 Å². The van der Waals surface area contributed by atoms with E-state index in [2.05, 4.69) is 30.4 Å². The summed E-state index contributed by atoms with van der Waals surface area (Å²) < 4.78 is 0. The van der Waals surface area contributed by atoms with Crippen molar-refractivity contribution in [2.45, 2.75) is 13.8 Å². The fourth-order valence-electron chi connectivity index (χ4n) is 2.32. The molecular formula is C34H46Dy2N14O18. The summed E-state index contributed by atoms with van der Waals surface area (Å²) in [5.74, 6) is -0.876. The van der Waals surface area contributed by atoms with Gasteiger partial charge in [-0.05, 0) is 25.0 Å². The zero-order valence-electron chi connectivity index (χ0n) is 37.5. The molecule has 0 bridgehead atoms. The number of amides is 4. The number of nitrogens with zero attached hydrogens (tertiary/aromatic N) is 14. The Balaban J connectivity index is -0.000000128. The quantitative estimate of drug-likeness (QED) is 0.0804. The van der Waals surface area contributed by atoms with Crippen LogP contribution >= 0.6 is 0 Å². The van der Waals surface area contributed by atoms with Gasteiger partial charge in [0.2, 0.25) is 25.6 Å². The number of rotatable bonds is 10. The summed E-state index contributed by atoms with van der Waals surface area (Å²) in [5.41, 5.74) is 2.72. The molecule has 2 aromatic carbocycles. The largest absolute Gasteiger partial charge is 3.00 e. The summed E-state index contributed by atoms with van der Waals surface area (Å²) in [5, 5.41) is 98.3. The minimum atomic E-state index is -1.75. The number of carbonyl (C=O) groups excluding carboxylic acids is 4. The van der Waals surface area contributed by atoms with E-state index in [4.69, 9.17) is 61.3 Å². The van der Waals surface area contributed by atoms with Gasteiger partial charge in [-0.15, -0.1) is 0 Å². The first-order valence-electron chi connectivity index (χ1n) is 16.8. The van der Waals surface area contributed by atoms with Gasteiger partial charge in [-0.25, -0.2) is 0 Å². The molecule has 1 aromatic heterocycles. The smallest absolute Gasteiger partial charge is 0.857 e. The molecular weight excluding hydrogens is 1220 g/mol. The molecule has 0 N–H and O–H groups in total. The summed E-state index contributed by atoms with van der Waals surface area (Å²) in [7, 11) is 13.5. The van der Waals surface area contributed by atoms with Crippen LogP contribution in [0.2, 0.25) is 0 Å². The van der Waals surface area contributed by atoms with Gasteiger partial charge in [0, 0.05) is 68.2 Å². The predicted molar refractivity (Wildman–Crippen MR) is 233 cm³/mol. The maximum Gasteiger partial charge on any atom is 3.00 e. The predicted octanol–water partition coefficient (Wildman–Crippen LogP) is -0.600. The van der Waals surface area contributed by atoms with Gasteiger partial charge in [-0.2, -0.15) is 20.4 Å². The van der Waals surface area contributed by atoms with E-state index in [1.165, 1.54) is 32.0 Å². The van der Waals surface area contributed by atoms with Crippen molar-refractivity contribution in [1.29, 1.82) is 0 Å². The van der Waals surface area contributed by atoms with Crippen molar-refractivity contribution >= 4 is 48.9 Å². The fraction of sp³-hybridized carbons (Fsp3) is 0.294. The molecule has 380 valence electrons. The average Bonchev–Trinajstić information content (AvgIpc) is 3.25. The van der Waals surface area contributed by atoms with Gasteiger partial charge in [0.25, 0.3) is 0 Å². The van der Waals surface area contributed by atoms with E-state index >= 15 is 0 Å². The fourth-order valence-corrected chi connectivity index (χ4v) is 2.32. The van der Waals surface area contributed by atoms with E-state index in [9.17, 15) is 29.4 Å². The van der Waals surface area contributed by atoms with Crippen LogP contribution in [0.5, 0.6) is 0 Å². The van der Waals surface area contributed by atoms with Crippen LogP contribution in [-0.4, -0.2) is 155 Å². The number of aromatic nitrogens is 2. The standard InChI is InChI=1S/C22H20N6O2.4C3H7NO.2Dy.4NO3/c1-15(25-27-21(29)17-9-5-3-6-10-17)19-13-24-20(14-23-19)16(2)26-28-22(30)18-11-7-4-8-12-18;4*1-4(2)3-5;;;4*2-1(3)4/h3-14H,1-2H3,(H,27,29)(H,28,30);4*3H,1-2H3;;;;;;/q;;;;;2*+3;4*-1/p-2/b25-15+,26-16+;;;;;;;;;;. The Kier molecular flexibility index (Phi) is 60.5. The topological polar surface area (TPSA) is 467 Å². The van der Waals surface area contributed by atoms with E-state index in [1.54, 1.807) is 119 Å². The van der Waals surface area contributed by atoms with Crippen LogP contribution in [0.4, 0.5) is 0 Å². The van der Waals surface area contributed by atoms with Gasteiger partial charge in [0.1, 0.15) is 11.4 Å². The zero-order chi connectivity index (χ0) is 52.8. The summed E-state index contributed by atoms with van der Waals surface area (Å²) in [6, 6.07) is 17.3. The molecule has 0 saturated heterocycles. The Bertz CT molecular complexity index is 1740. The Morgan fingerprint density at radius 2 is 0.618 bits per heavy atom. The number of hydrogen-bond donors (Lipinski definition) is 0. The molecule has 0 atom stereocenters. The average molecular weight is 1260 g/mol. The summed E-state index contributed by atoms with van der Waals surface area (Å²) in [6.07, 6.45) is 5.99. The number of hydrogen-bond acceptors (Lipinski definition) is 24. The van der Waals surface area contributed by atoms with Gasteiger partial charge in [-0.3, -0.25) is 29.1 Å². The second-order valence-electron chi connectivity index (χ2n) is 11.4. The maximum absolute atomic E-state index is 12.0. The number of carbonyl (C=O) groups is 4. The normalized spacial score (nSPS) is 9.32. The van der Waals surface area contributed by atoms with Crippen molar-refractivity contribution in [1.82, 2.24) is 29.6 Å². The molecule has 2 radical (unpaired) electrons. The minimum absolute atomic E-state index is 0. The molecule has 0 fully saturated rings. The van der Waals surface area contributed by atoms with Crippen LogP contribution in [0.15, 0.2) is 93.5 Å². The Hall–Kier alpha value is -6.97. The molecule has 1 heterocycles. The van der Waals surface area contributed by atoms with E-state index in [-0.39, 0.29) is 76.3 Å². The van der Waals surface area contributed by atoms with Crippen molar-refractivity contribution in [2.24, 2.45) is 20.4 Å². The van der Waals surface area contributed by atoms with Crippen LogP contribution in [0.1, 0.15) is 36.4 Å². The zero-order valence-corrected chi connectivity index (χ0v) is 41.5. The first-order chi connectivity index (χ1) is 30.6. The third-order valence-corrected chi connectivity index (χ3v) is 4.86. The molecule has 34 heteroatoms. The second kappa shape index (κ2) is 52.6. The van der Waals surface area contributed by atoms with Crippen molar-refractivity contribution in [2.75, 3.05) is 56.4 Å². The van der Waals surface area contributed by atoms with Crippen LogP contribution in [-0.2, 0) is 19.2 Å². The number of benzene rings is 2. The van der Waals surface area contributed by atoms with Crippen molar-refractivity contribution < 1.29 is 126 Å². The van der Waals surface area contributed by atoms with Gasteiger partial charge in [0.05, 0.1) is 44.2 Å². The summed E-state index contributed by atoms with van der Waals surface area (Å²) >= 11 is 0. The molecule has 4 amide bonds. The van der Waals surface area contributed by atoms with E-state index < -0.39 is 32.1 Å². The minimum Gasteiger partial charge on any atom is -0.857 e. The van der Waals surface area contributed by atoms with Gasteiger partial charge in [-0.1, -0.05) is 60.7 Å². The molecule has 0 aliphatic carbocycles.